The molecule has 0 amide bonds. The molecule has 0 heterocycles. The molecular formula is C22H40O3Si. The van der Waals surface area contributed by atoms with Crippen molar-refractivity contribution in [2.24, 2.45) is 17.3 Å². The van der Waals surface area contributed by atoms with Gasteiger partial charge in [-0.15, -0.1) is 0 Å². The summed E-state index contributed by atoms with van der Waals surface area (Å²) in [5.74, 6) is 0.0267. The molecule has 1 N–H and O–H groups in total. The number of rotatable bonds is 7. The lowest BCUT2D eigenvalue weighted by Gasteiger charge is -2.44. The molecule has 1 rings (SSSR count). The summed E-state index contributed by atoms with van der Waals surface area (Å²) in [6.45, 7) is 19.6. The van der Waals surface area contributed by atoms with Gasteiger partial charge in [0.15, 0.2) is 8.32 Å². The number of carboxylic acids is 1. The first-order valence-corrected chi connectivity index (χ1v) is 12.9. The van der Waals surface area contributed by atoms with Crippen LogP contribution in [0.2, 0.25) is 18.1 Å². The molecule has 2 atom stereocenters. The van der Waals surface area contributed by atoms with Crippen molar-refractivity contribution >= 4 is 14.3 Å². The molecule has 0 radical (unpaired) electrons. The predicted octanol–water partition coefficient (Wildman–Crippen LogP) is 6.43. The van der Waals surface area contributed by atoms with E-state index in [1.807, 2.05) is 0 Å². The van der Waals surface area contributed by atoms with Gasteiger partial charge in [-0.3, -0.25) is 4.79 Å². The summed E-state index contributed by atoms with van der Waals surface area (Å²) in [4.78, 5) is 11.4. The van der Waals surface area contributed by atoms with Crippen molar-refractivity contribution in [3.63, 3.8) is 0 Å². The van der Waals surface area contributed by atoms with Crippen molar-refractivity contribution in [2.75, 3.05) is 0 Å². The molecule has 1 aliphatic rings. The smallest absolute Gasteiger partial charge is 0.309 e. The van der Waals surface area contributed by atoms with Gasteiger partial charge in [0.2, 0.25) is 0 Å². The number of allylic oxidation sites excluding steroid dienone is 3. The molecule has 0 aromatic heterocycles. The number of aliphatic carboxylic acids is 1. The Kier molecular flexibility index (Phi) is 7.51. The molecule has 0 unspecified atom stereocenters. The summed E-state index contributed by atoms with van der Waals surface area (Å²) < 4.78 is 6.86. The van der Waals surface area contributed by atoms with E-state index >= 15 is 0 Å². The molecule has 4 heteroatoms. The second kappa shape index (κ2) is 8.43. The maximum Gasteiger partial charge on any atom is 0.309 e. The fourth-order valence-corrected chi connectivity index (χ4v) is 4.49. The lowest BCUT2D eigenvalue weighted by Crippen LogP contribution is -2.47. The summed E-state index contributed by atoms with van der Waals surface area (Å²) in [5, 5.41) is 9.59. The van der Waals surface area contributed by atoms with Crippen molar-refractivity contribution in [3.8, 4) is 0 Å². The number of hydrogen-bond donors (Lipinski definition) is 1. The maximum absolute atomic E-state index is 11.4. The Morgan fingerprint density at radius 1 is 1.31 bits per heavy atom. The molecule has 1 aliphatic carbocycles. The molecule has 0 fully saturated rings. The van der Waals surface area contributed by atoms with E-state index in [1.54, 1.807) is 13.8 Å². The van der Waals surface area contributed by atoms with Crippen molar-refractivity contribution < 1.29 is 14.3 Å². The lowest BCUT2D eigenvalue weighted by molar-refractivity contribution is -0.146. The van der Waals surface area contributed by atoms with Gasteiger partial charge in [0.25, 0.3) is 0 Å². The van der Waals surface area contributed by atoms with Crippen molar-refractivity contribution in [3.05, 3.63) is 23.8 Å². The molecular weight excluding hydrogens is 340 g/mol. The highest BCUT2D eigenvalue weighted by molar-refractivity contribution is 6.74. The van der Waals surface area contributed by atoms with Gasteiger partial charge in [0.05, 0.1) is 11.5 Å². The highest BCUT2D eigenvalue weighted by Crippen LogP contribution is 2.42. The molecule has 0 saturated heterocycles. The van der Waals surface area contributed by atoms with Crippen LogP contribution in [-0.4, -0.2) is 25.5 Å². The SMILES string of the molecule is CC(C)[C@H](O[Si](C)(C)C(C)(C)C)[C@@H]1CCC=C/C1=C\CC(C)(C)C(=O)O. The highest BCUT2D eigenvalue weighted by Gasteiger charge is 2.42. The van der Waals surface area contributed by atoms with Gasteiger partial charge < -0.3 is 9.53 Å². The average Bonchev–Trinajstić information content (AvgIpc) is 2.49. The minimum absolute atomic E-state index is 0.180. The first-order valence-electron chi connectivity index (χ1n) is 9.97. The number of carbonyl (C=O) groups is 1. The third kappa shape index (κ3) is 5.82. The topological polar surface area (TPSA) is 46.5 Å². The van der Waals surface area contributed by atoms with E-state index < -0.39 is 19.7 Å². The van der Waals surface area contributed by atoms with Crippen molar-refractivity contribution in [1.29, 1.82) is 0 Å². The molecule has 0 spiro atoms. The van der Waals surface area contributed by atoms with Crippen LogP contribution in [0, 0.1) is 17.3 Å². The zero-order valence-electron chi connectivity index (χ0n) is 18.3. The largest absolute Gasteiger partial charge is 0.481 e. The summed E-state index contributed by atoms with van der Waals surface area (Å²) in [6.07, 6.45) is 9.40. The fourth-order valence-electron chi connectivity index (χ4n) is 3.02. The third-order valence-electron chi connectivity index (χ3n) is 6.10. The number of carboxylic acid groups (broad SMARTS) is 1. The summed E-state index contributed by atoms with van der Waals surface area (Å²) in [6, 6.07) is 0. The van der Waals surface area contributed by atoms with E-state index in [0.717, 1.165) is 12.8 Å². The van der Waals surface area contributed by atoms with Crippen LogP contribution < -0.4 is 0 Å². The lowest BCUT2D eigenvalue weighted by atomic mass is 9.79. The molecule has 150 valence electrons. The summed E-state index contributed by atoms with van der Waals surface area (Å²) in [7, 11) is -1.87. The van der Waals surface area contributed by atoms with Crippen LogP contribution in [0.1, 0.15) is 67.7 Å². The minimum Gasteiger partial charge on any atom is -0.481 e. The minimum atomic E-state index is -1.87. The van der Waals surface area contributed by atoms with E-state index in [9.17, 15) is 9.90 Å². The van der Waals surface area contributed by atoms with Gasteiger partial charge in [0.1, 0.15) is 0 Å². The first kappa shape index (κ1) is 23.2. The average molecular weight is 381 g/mol. The predicted molar refractivity (Wildman–Crippen MR) is 113 cm³/mol. The van der Waals surface area contributed by atoms with Crippen LogP contribution in [-0.2, 0) is 9.22 Å². The van der Waals surface area contributed by atoms with Crippen LogP contribution >= 0.6 is 0 Å². The Labute approximate surface area is 162 Å². The summed E-state index contributed by atoms with van der Waals surface area (Å²) >= 11 is 0. The zero-order valence-corrected chi connectivity index (χ0v) is 19.3. The van der Waals surface area contributed by atoms with E-state index in [-0.39, 0.29) is 11.1 Å². The van der Waals surface area contributed by atoms with Crippen LogP contribution in [0.5, 0.6) is 0 Å². The normalized spacial score (nSPS) is 22.1. The van der Waals surface area contributed by atoms with Crippen molar-refractivity contribution in [2.45, 2.75) is 92.0 Å². The number of hydrogen-bond acceptors (Lipinski definition) is 2. The molecule has 0 aliphatic heterocycles. The molecule has 26 heavy (non-hydrogen) atoms. The third-order valence-corrected chi connectivity index (χ3v) is 10.6. The highest BCUT2D eigenvalue weighted by atomic mass is 28.4. The Hall–Kier alpha value is -0.873. The molecule has 0 aromatic carbocycles. The van der Waals surface area contributed by atoms with E-state index in [1.165, 1.54) is 5.57 Å². The van der Waals surface area contributed by atoms with E-state index in [0.29, 0.717) is 18.3 Å². The monoisotopic (exact) mass is 380 g/mol. The maximum atomic E-state index is 11.4. The Bertz CT molecular complexity index is 550. The van der Waals surface area contributed by atoms with E-state index in [4.69, 9.17) is 4.43 Å². The molecule has 0 saturated carbocycles. The van der Waals surface area contributed by atoms with Crippen LogP contribution in [0.4, 0.5) is 0 Å². The molecule has 0 bridgehead atoms. The quantitative estimate of drug-likeness (QED) is 0.518. The second-order valence-corrected chi connectivity index (χ2v) is 15.0. The fraction of sp³-hybridized carbons (Fsp3) is 0.773. The molecule has 0 aromatic rings. The van der Waals surface area contributed by atoms with E-state index in [2.05, 4.69) is 65.9 Å². The zero-order chi connectivity index (χ0) is 20.3. The Morgan fingerprint density at radius 3 is 2.35 bits per heavy atom. The summed E-state index contributed by atoms with van der Waals surface area (Å²) in [5.41, 5.74) is 0.513. The second-order valence-electron chi connectivity index (χ2n) is 10.3. The van der Waals surface area contributed by atoms with Gasteiger partial charge in [-0.25, -0.2) is 0 Å². The van der Waals surface area contributed by atoms with Gasteiger partial charge in [0, 0.05) is 5.92 Å². The van der Waals surface area contributed by atoms with Crippen LogP contribution in [0.25, 0.3) is 0 Å². The first-order chi connectivity index (χ1) is 11.7. The molecule has 3 nitrogen and oxygen atoms in total. The standard InChI is InChI=1S/C22H40O3Si/c1-16(2)19(25-26(8,9)21(3,4)5)18-13-11-10-12-17(18)14-15-22(6,7)20(23)24/h10,12,14,16,18-19H,11,13,15H2,1-9H3,(H,23,24)/b17-14+/t18-,19+/m1/s1. The van der Waals surface area contributed by atoms with Gasteiger partial charge in [-0.05, 0) is 62.7 Å². The van der Waals surface area contributed by atoms with Crippen LogP contribution in [0.15, 0.2) is 23.8 Å². The van der Waals surface area contributed by atoms with Gasteiger partial charge in [-0.2, -0.15) is 0 Å². The van der Waals surface area contributed by atoms with Crippen LogP contribution in [0.3, 0.4) is 0 Å². The Morgan fingerprint density at radius 2 is 1.88 bits per heavy atom. The van der Waals surface area contributed by atoms with Gasteiger partial charge in [-0.1, -0.05) is 52.8 Å². The Balaban J connectivity index is 3.12. The van der Waals surface area contributed by atoms with Crippen molar-refractivity contribution in [1.82, 2.24) is 0 Å². The van der Waals surface area contributed by atoms with Gasteiger partial charge >= 0.3 is 5.97 Å².